The van der Waals surface area contributed by atoms with Crippen LogP contribution in [0.4, 0.5) is 4.39 Å². The number of furan rings is 1. The van der Waals surface area contributed by atoms with E-state index < -0.39 is 5.92 Å². The second-order valence-electron chi connectivity index (χ2n) is 6.95. The molecule has 0 radical (unpaired) electrons. The zero-order chi connectivity index (χ0) is 18.8. The van der Waals surface area contributed by atoms with E-state index in [1.54, 1.807) is 35.4 Å². The van der Waals surface area contributed by atoms with Crippen LogP contribution in [-0.2, 0) is 27.3 Å². The van der Waals surface area contributed by atoms with Gasteiger partial charge in [0.1, 0.15) is 11.6 Å². The van der Waals surface area contributed by atoms with E-state index in [2.05, 4.69) is 5.32 Å². The van der Waals surface area contributed by atoms with Crippen molar-refractivity contribution < 1.29 is 23.1 Å². The van der Waals surface area contributed by atoms with Crippen molar-refractivity contribution in [1.29, 1.82) is 0 Å². The number of hydrogen-bond acceptors (Lipinski definition) is 4. The predicted octanol–water partition coefficient (Wildman–Crippen LogP) is 1.89. The molecule has 2 fully saturated rings. The van der Waals surface area contributed by atoms with Crippen LogP contribution < -0.4 is 5.32 Å². The van der Waals surface area contributed by atoms with E-state index in [1.165, 1.54) is 12.1 Å². The zero-order valence-electron chi connectivity index (χ0n) is 14.8. The minimum Gasteiger partial charge on any atom is -0.467 e. The van der Waals surface area contributed by atoms with Gasteiger partial charge < -0.3 is 19.4 Å². The van der Waals surface area contributed by atoms with Crippen molar-refractivity contribution in [3.8, 4) is 0 Å². The number of likely N-dealkylation sites (tertiary alicyclic amines) is 1. The van der Waals surface area contributed by atoms with Gasteiger partial charge in [-0.3, -0.25) is 9.59 Å². The van der Waals surface area contributed by atoms with Crippen molar-refractivity contribution in [2.45, 2.75) is 31.5 Å². The number of ether oxygens (including phenoxy) is 1. The molecule has 0 spiro atoms. The van der Waals surface area contributed by atoms with Crippen LogP contribution in [-0.4, -0.2) is 42.0 Å². The van der Waals surface area contributed by atoms with E-state index in [-0.39, 0.29) is 36.2 Å². The van der Waals surface area contributed by atoms with Crippen molar-refractivity contribution in [1.82, 2.24) is 10.2 Å². The SMILES string of the molecule is O=C(NCc1ccco1)C1CN(C(=O)Cc2cccc(F)c2)C2CCOC12. The van der Waals surface area contributed by atoms with Gasteiger partial charge in [0.2, 0.25) is 11.8 Å². The van der Waals surface area contributed by atoms with Gasteiger partial charge in [-0.05, 0) is 36.2 Å². The molecular weight excluding hydrogens is 351 g/mol. The number of carbonyl (C=O) groups excluding carboxylic acids is 2. The van der Waals surface area contributed by atoms with Crippen molar-refractivity contribution in [2.24, 2.45) is 5.92 Å². The number of nitrogens with zero attached hydrogens (tertiary/aromatic N) is 1. The summed E-state index contributed by atoms with van der Waals surface area (Å²) in [6.07, 6.45) is 2.08. The molecule has 2 aliphatic heterocycles. The van der Waals surface area contributed by atoms with Crippen LogP contribution in [0.1, 0.15) is 17.7 Å². The first kappa shape index (κ1) is 17.7. The fraction of sp³-hybridized carbons (Fsp3) is 0.400. The van der Waals surface area contributed by atoms with Gasteiger partial charge in [-0.1, -0.05) is 12.1 Å². The van der Waals surface area contributed by atoms with Crippen molar-refractivity contribution >= 4 is 11.8 Å². The van der Waals surface area contributed by atoms with E-state index in [4.69, 9.17) is 9.15 Å². The molecule has 2 saturated heterocycles. The van der Waals surface area contributed by atoms with E-state index in [1.807, 2.05) is 0 Å². The highest BCUT2D eigenvalue weighted by atomic mass is 19.1. The molecule has 3 atom stereocenters. The second-order valence-corrected chi connectivity index (χ2v) is 6.95. The molecule has 3 heterocycles. The van der Waals surface area contributed by atoms with Gasteiger partial charge in [-0.2, -0.15) is 0 Å². The van der Waals surface area contributed by atoms with Crippen LogP contribution in [0.5, 0.6) is 0 Å². The number of amides is 2. The minimum atomic E-state index is -0.413. The number of halogens is 1. The molecule has 1 aromatic heterocycles. The molecule has 27 heavy (non-hydrogen) atoms. The van der Waals surface area contributed by atoms with Crippen LogP contribution >= 0.6 is 0 Å². The Hall–Kier alpha value is -2.67. The fourth-order valence-corrected chi connectivity index (χ4v) is 3.93. The van der Waals surface area contributed by atoms with Crippen LogP contribution in [0.2, 0.25) is 0 Å². The Bertz CT molecular complexity index is 823. The maximum atomic E-state index is 13.4. The Labute approximate surface area is 156 Å². The molecule has 142 valence electrons. The zero-order valence-corrected chi connectivity index (χ0v) is 14.8. The number of hydrogen-bond donors (Lipinski definition) is 1. The molecule has 2 aromatic rings. The van der Waals surface area contributed by atoms with Crippen LogP contribution in [0.15, 0.2) is 47.1 Å². The minimum absolute atomic E-state index is 0.106. The smallest absolute Gasteiger partial charge is 0.227 e. The van der Waals surface area contributed by atoms with Crippen LogP contribution in [0.25, 0.3) is 0 Å². The second kappa shape index (κ2) is 7.52. The van der Waals surface area contributed by atoms with Crippen molar-refractivity contribution in [2.75, 3.05) is 13.2 Å². The Balaban J connectivity index is 1.42. The van der Waals surface area contributed by atoms with E-state index in [9.17, 15) is 14.0 Å². The highest BCUT2D eigenvalue weighted by molar-refractivity contribution is 5.84. The first-order chi connectivity index (χ1) is 13.1. The van der Waals surface area contributed by atoms with Gasteiger partial charge in [0.05, 0.1) is 37.3 Å². The molecule has 6 nitrogen and oxygen atoms in total. The molecule has 1 aromatic carbocycles. The van der Waals surface area contributed by atoms with Crippen molar-refractivity contribution in [3.05, 3.63) is 59.8 Å². The average Bonchev–Trinajstić information content (AvgIpc) is 3.37. The van der Waals surface area contributed by atoms with Crippen LogP contribution in [0.3, 0.4) is 0 Å². The third-order valence-corrected chi connectivity index (χ3v) is 5.21. The molecule has 4 rings (SSSR count). The van der Waals surface area contributed by atoms with Crippen molar-refractivity contribution in [3.63, 3.8) is 0 Å². The fourth-order valence-electron chi connectivity index (χ4n) is 3.93. The lowest BCUT2D eigenvalue weighted by atomic mass is 10.0. The summed E-state index contributed by atoms with van der Waals surface area (Å²) in [4.78, 5) is 27.1. The normalized spacial score (nSPS) is 24.0. The molecule has 2 amide bonds. The quantitative estimate of drug-likeness (QED) is 0.870. The van der Waals surface area contributed by atoms with Gasteiger partial charge in [0.15, 0.2) is 0 Å². The number of rotatable bonds is 5. The van der Waals surface area contributed by atoms with Gasteiger partial charge in [0, 0.05) is 13.2 Å². The summed E-state index contributed by atoms with van der Waals surface area (Å²) in [5.74, 6) is -0.362. The Kier molecular flexibility index (Phi) is 4.94. The van der Waals surface area contributed by atoms with E-state index >= 15 is 0 Å². The monoisotopic (exact) mass is 372 g/mol. The average molecular weight is 372 g/mol. The summed E-state index contributed by atoms with van der Waals surface area (Å²) in [6, 6.07) is 9.49. The first-order valence-electron chi connectivity index (χ1n) is 9.07. The summed E-state index contributed by atoms with van der Waals surface area (Å²) in [5, 5.41) is 2.86. The maximum absolute atomic E-state index is 13.4. The van der Waals surface area contributed by atoms with E-state index in [0.717, 1.165) is 0 Å². The first-order valence-corrected chi connectivity index (χ1v) is 9.07. The third-order valence-electron chi connectivity index (χ3n) is 5.21. The van der Waals surface area contributed by atoms with Gasteiger partial charge in [0.25, 0.3) is 0 Å². The number of fused-ring (bicyclic) bond motifs is 1. The topological polar surface area (TPSA) is 71.8 Å². The van der Waals surface area contributed by atoms with Gasteiger partial charge in [-0.15, -0.1) is 0 Å². The van der Waals surface area contributed by atoms with E-state index in [0.29, 0.717) is 37.4 Å². The highest BCUT2D eigenvalue weighted by Crippen LogP contribution is 2.34. The lowest BCUT2D eigenvalue weighted by Gasteiger charge is -2.22. The Morgan fingerprint density at radius 2 is 2.15 bits per heavy atom. The van der Waals surface area contributed by atoms with Gasteiger partial charge >= 0.3 is 0 Å². The predicted molar refractivity (Wildman–Crippen MR) is 94.0 cm³/mol. The molecule has 0 bridgehead atoms. The summed E-state index contributed by atoms with van der Waals surface area (Å²) in [7, 11) is 0. The molecule has 2 aliphatic rings. The largest absolute Gasteiger partial charge is 0.467 e. The summed E-state index contributed by atoms with van der Waals surface area (Å²) < 4.78 is 24.4. The number of carbonyl (C=O) groups is 2. The molecule has 0 aliphatic carbocycles. The van der Waals surface area contributed by atoms with Crippen LogP contribution in [0, 0.1) is 11.7 Å². The summed E-state index contributed by atoms with van der Waals surface area (Å²) in [5.41, 5.74) is 0.626. The number of nitrogens with one attached hydrogen (secondary N) is 1. The Morgan fingerprint density at radius 1 is 1.26 bits per heavy atom. The Morgan fingerprint density at radius 3 is 2.93 bits per heavy atom. The highest BCUT2D eigenvalue weighted by Gasteiger charge is 2.50. The lowest BCUT2D eigenvalue weighted by Crippen LogP contribution is -2.38. The molecular formula is C20H21FN2O4. The lowest BCUT2D eigenvalue weighted by molar-refractivity contribution is -0.131. The molecule has 0 saturated carbocycles. The summed E-state index contributed by atoms with van der Waals surface area (Å²) in [6.45, 7) is 1.14. The number of benzene rings is 1. The standard InChI is InChI=1S/C20H21FN2O4/c21-14-4-1-3-13(9-14)10-18(24)23-12-16(19-17(23)6-8-27-19)20(25)22-11-15-5-2-7-26-15/h1-5,7,9,16-17,19H,6,8,10-12H2,(H,22,25). The van der Waals surface area contributed by atoms with Gasteiger partial charge in [-0.25, -0.2) is 4.39 Å². The molecule has 7 heteroatoms. The third kappa shape index (κ3) is 3.73. The summed E-state index contributed by atoms with van der Waals surface area (Å²) >= 11 is 0. The molecule has 3 unspecified atom stereocenters. The molecule has 1 N–H and O–H groups in total. The maximum Gasteiger partial charge on any atom is 0.227 e.